The molecule has 0 radical (unpaired) electrons. The van der Waals surface area contributed by atoms with Crippen LogP contribution in [0.5, 0.6) is 0 Å². The number of carbonyl (C=O) groups excluding carboxylic acids is 1. The Bertz CT molecular complexity index is 1120. The van der Waals surface area contributed by atoms with Crippen LogP contribution in [0.1, 0.15) is 15.9 Å². The predicted octanol–water partition coefficient (Wildman–Crippen LogP) is 3.97. The second-order valence-electron chi connectivity index (χ2n) is 6.70. The molecule has 4 rings (SSSR count). The number of aliphatic imine (C=N–C) groups is 1. The predicted molar refractivity (Wildman–Crippen MR) is 115 cm³/mol. The van der Waals surface area contributed by atoms with Gasteiger partial charge in [-0.1, -0.05) is 40.2 Å². The largest absolute Gasteiger partial charge is 0.422 e. The van der Waals surface area contributed by atoms with Crippen LogP contribution in [-0.2, 0) is 11.2 Å². The maximum Gasteiger partial charge on any atom is 0.349 e. The molecule has 0 unspecified atom stereocenters. The molecule has 7 heteroatoms. The van der Waals surface area contributed by atoms with Gasteiger partial charge in [0.1, 0.15) is 17.0 Å². The van der Waals surface area contributed by atoms with Crippen LogP contribution in [0, 0.1) is 0 Å². The van der Waals surface area contributed by atoms with Gasteiger partial charge in [-0.3, -0.25) is 4.79 Å². The molecule has 0 aliphatic carbocycles. The summed E-state index contributed by atoms with van der Waals surface area (Å²) in [5, 5.41) is 0.635. The number of morpholine rings is 1. The third kappa shape index (κ3) is 4.31. The lowest BCUT2D eigenvalue weighted by atomic mass is 10.1. The summed E-state index contributed by atoms with van der Waals surface area (Å²) in [5.41, 5.74) is 1.10. The lowest BCUT2D eigenvalue weighted by molar-refractivity contribution is 0.0674. The van der Waals surface area contributed by atoms with E-state index in [4.69, 9.17) is 14.1 Å². The highest BCUT2D eigenvalue weighted by Gasteiger charge is 2.19. The highest BCUT2D eigenvalue weighted by molar-refractivity contribution is 9.10. The van der Waals surface area contributed by atoms with Crippen LogP contribution >= 0.6 is 15.9 Å². The van der Waals surface area contributed by atoms with Crippen molar-refractivity contribution in [1.29, 1.82) is 0 Å². The molecule has 0 spiro atoms. The maximum atomic E-state index is 12.3. The zero-order valence-electron chi connectivity index (χ0n) is 15.6. The van der Waals surface area contributed by atoms with Crippen molar-refractivity contribution in [1.82, 2.24) is 4.90 Å². The Hall–Kier alpha value is -2.77. The minimum absolute atomic E-state index is 0.0646. The number of rotatable bonds is 4. The number of hydrogen-bond acceptors (Lipinski definition) is 5. The van der Waals surface area contributed by atoms with Gasteiger partial charge in [-0.15, -0.1) is 0 Å². The molecule has 0 bridgehead atoms. The van der Waals surface area contributed by atoms with E-state index >= 15 is 0 Å². The average Bonchev–Trinajstić information content (AvgIpc) is 2.75. The van der Waals surface area contributed by atoms with Crippen LogP contribution in [0.2, 0.25) is 0 Å². The summed E-state index contributed by atoms with van der Waals surface area (Å²) < 4.78 is 11.8. The fraction of sp³-hybridized carbons (Fsp3) is 0.227. The Morgan fingerprint density at radius 3 is 2.55 bits per heavy atom. The van der Waals surface area contributed by atoms with Crippen molar-refractivity contribution in [2.75, 3.05) is 26.3 Å². The second kappa shape index (κ2) is 8.71. The monoisotopic (exact) mass is 454 g/mol. The van der Waals surface area contributed by atoms with Crippen LogP contribution < -0.4 is 5.63 Å². The van der Waals surface area contributed by atoms with Crippen molar-refractivity contribution in [3.8, 4) is 0 Å². The number of benzene rings is 2. The second-order valence-corrected chi connectivity index (χ2v) is 7.61. The molecule has 2 heterocycles. The first-order valence-corrected chi connectivity index (χ1v) is 10.1. The quantitative estimate of drug-likeness (QED) is 0.258. The van der Waals surface area contributed by atoms with E-state index in [1.165, 1.54) is 0 Å². The molecule has 3 aromatic rings. The first-order valence-electron chi connectivity index (χ1n) is 9.31. The molecule has 0 saturated carbocycles. The van der Waals surface area contributed by atoms with Crippen molar-refractivity contribution in [2.24, 2.45) is 4.99 Å². The van der Waals surface area contributed by atoms with Crippen molar-refractivity contribution in [2.45, 2.75) is 6.42 Å². The van der Waals surface area contributed by atoms with Crippen LogP contribution in [0.4, 0.5) is 5.69 Å². The summed E-state index contributed by atoms with van der Waals surface area (Å²) in [6.45, 7) is 2.62. The van der Waals surface area contributed by atoms with E-state index in [-0.39, 0.29) is 5.56 Å². The molecular formula is C22H19BrN2O4. The van der Waals surface area contributed by atoms with E-state index in [0.717, 1.165) is 15.9 Å². The molecule has 2 aromatic carbocycles. The molecule has 1 aromatic heterocycles. The molecule has 1 fully saturated rings. The van der Waals surface area contributed by atoms with Gasteiger partial charge < -0.3 is 14.1 Å². The normalized spacial score (nSPS) is 14.9. The van der Waals surface area contributed by atoms with E-state index in [1.807, 2.05) is 30.3 Å². The molecule has 1 aliphatic heterocycles. The highest BCUT2D eigenvalue weighted by Crippen LogP contribution is 2.28. The highest BCUT2D eigenvalue weighted by atomic mass is 79.9. The number of carbonyl (C=O) groups is 1. The van der Waals surface area contributed by atoms with Crippen LogP contribution in [-0.4, -0.2) is 43.3 Å². The smallest absolute Gasteiger partial charge is 0.349 e. The number of para-hydroxylation sites is 1. The van der Waals surface area contributed by atoms with E-state index in [1.54, 1.807) is 18.2 Å². The third-order valence-corrected chi connectivity index (χ3v) is 5.36. The Labute approximate surface area is 175 Å². The molecular weight excluding hydrogens is 436 g/mol. The summed E-state index contributed by atoms with van der Waals surface area (Å²) in [6.07, 6.45) is 1.09. The van der Waals surface area contributed by atoms with E-state index < -0.39 is 5.63 Å². The molecule has 148 valence electrons. The number of fused-ring (bicyclic) bond motifs is 1. The number of hydrogen-bond donors (Lipinski definition) is 0. The molecule has 6 nitrogen and oxygen atoms in total. The summed E-state index contributed by atoms with van der Waals surface area (Å²) in [7, 11) is 0. The summed E-state index contributed by atoms with van der Waals surface area (Å²) in [4.78, 5) is 31.0. The van der Waals surface area contributed by atoms with Gasteiger partial charge in [0.25, 0.3) is 0 Å². The molecule has 0 N–H and O–H groups in total. The average molecular weight is 455 g/mol. The Kier molecular flexibility index (Phi) is 5.87. The van der Waals surface area contributed by atoms with Gasteiger partial charge in [-0.05, 0) is 29.8 Å². The Balaban J connectivity index is 1.86. The van der Waals surface area contributed by atoms with Gasteiger partial charge in [0.2, 0.25) is 0 Å². The summed E-state index contributed by atoms with van der Waals surface area (Å²) in [6, 6.07) is 15.1. The molecule has 1 aliphatic rings. The van der Waals surface area contributed by atoms with E-state index in [2.05, 4.69) is 20.8 Å². The molecule has 0 atom stereocenters. The van der Waals surface area contributed by atoms with Crippen molar-refractivity contribution in [3.05, 3.63) is 74.6 Å². The van der Waals surface area contributed by atoms with E-state index in [9.17, 15) is 9.59 Å². The topological polar surface area (TPSA) is 72.1 Å². The van der Waals surface area contributed by atoms with Crippen LogP contribution in [0.15, 0.2) is 67.2 Å². The zero-order chi connectivity index (χ0) is 20.2. The van der Waals surface area contributed by atoms with Gasteiger partial charge in [0.05, 0.1) is 18.9 Å². The molecule has 0 amide bonds. The number of ether oxygens (including phenoxy) is 1. The Morgan fingerprint density at radius 1 is 1.10 bits per heavy atom. The first-order chi connectivity index (χ1) is 14.2. The lowest BCUT2D eigenvalue weighted by Crippen LogP contribution is -2.41. The van der Waals surface area contributed by atoms with Crippen LogP contribution in [0.3, 0.4) is 0 Å². The minimum atomic E-state index is -0.678. The van der Waals surface area contributed by atoms with Crippen LogP contribution in [0.25, 0.3) is 11.0 Å². The standard InChI is InChI=1S/C22H19BrN2O4/c23-16-7-5-15(6-8-16)13-20(25-9-11-28-12-10-25)24-21-17-3-1-2-4-19(17)29-22(27)18(21)14-26/h1-8,14H,9-13H2. The number of halogens is 1. The molecule has 1 saturated heterocycles. The number of amidine groups is 1. The van der Waals surface area contributed by atoms with Crippen molar-refractivity contribution >= 4 is 44.7 Å². The fourth-order valence-electron chi connectivity index (χ4n) is 3.33. The maximum absolute atomic E-state index is 12.3. The van der Waals surface area contributed by atoms with Gasteiger partial charge in [-0.25, -0.2) is 9.79 Å². The third-order valence-electron chi connectivity index (χ3n) is 4.83. The van der Waals surface area contributed by atoms with E-state index in [0.29, 0.717) is 55.7 Å². The number of aldehydes is 1. The SMILES string of the molecule is O=Cc1c(N=C(Cc2ccc(Br)cc2)N2CCOCC2)c2ccccc2oc1=O. The van der Waals surface area contributed by atoms with Gasteiger partial charge in [0.15, 0.2) is 6.29 Å². The van der Waals surface area contributed by atoms with Gasteiger partial charge in [0, 0.05) is 29.4 Å². The summed E-state index contributed by atoms with van der Waals surface area (Å²) in [5.74, 6) is 0.787. The lowest BCUT2D eigenvalue weighted by Gasteiger charge is -2.30. The summed E-state index contributed by atoms with van der Waals surface area (Å²) >= 11 is 3.45. The van der Waals surface area contributed by atoms with Gasteiger partial charge in [-0.2, -0.15) is 0 Å². The minimum Gasteiger partial charge on any atom is -0.422 e. The number of nitrogens with zero attached hydrogens (tertiary/aromatic N) is 2. The fourth-order valence-corrected chi connectivity index (χ4v) is 3.59. The Morgan fingerprint density at radius 2 is 1.83 bits per heavy atom. The first kappa shape index (κ1) is 19.5. The van der Waals surface area contributed by atoms with Crippen molar-refractivity contribution in [3.63, 3.8) is 0 Å². The van der Waals surface area contributed by atoms with Crippen molar-refractivity contribution < 1.29 is 13.9 Å². The molecule has 29 heavy (non-hydrogen) atoms. The van der Waals surface area contributed by atoms with Gasteiger partial charge >= 0.3 is 5.63 Å². The zero-order valence-corrected chi connectivity index (χ0v) is 17.2.